The fraction of sp³-hybridized carbons (Fsp3) is 0.533. The molecule has 0 spiro atoms. The molecular weight excluding hydrogens is 226 g/mol. The number of nitrogens with zero attached hydrogens (tertiary/aromatic N) is 1. The third-order valence-electron chi connectivity index (χ3n) is 3.77. The second-order valence-corrected chi connectivity index (χ2v) is 5.48. The van der Waals surface area contributed by atoms with E-state index in [2.05, 4.69) is 43.0 Å². The summed E-state index contributed by atoms with van der Waals surface area (Å²) in [6, 6.07) is 9.11. The van der Waals surface area contributed by atoms with Crippen LogP contribution in [0.3, 0.4) is 0 Å². The number of benzene rings is 1. The molecule has 0 saturated heterocycles. The third kappa shape index (κ3) is 2.35. The summed E-state index contributed by atoms with van der Waals surface area (Å²) in [7, 11) is 0. The second kappa shape index (κ2) is 5.01. The van der Waals surface area contributed by atoms with Gasteiger partial charge >= 0.3 is 5.97 Å². The maximum Gasteiger partial charge on any atom is 0.303 e. The van der Waals surface area contributed by atoms with Crippen LogP contribution in [-0.4, -0.2) is 23.2 Å². The highest BCUT2D eigenvalue weighted by atomic mass is 16.4. The highest BCUT2D eigenvalue weighted by Crippen LogP contribution is 2.37. The van der Waals surface area contributed by atoms with Gasteiger partial charge < -0.3 is 10.0 Å². The average molecular weight is 247 g/mol. The van der Waals surface area contributed by atoms with Gasteiger partial charge in [0.25, 0.3) is 0 Å². The van der Waals surface area contributed by atoms with Crippen LogP contribution in [0, 0.1) is 5.92 Å². The van der Waals surface area contributed by atoms with E-state index in [1.165, 1.54) is 11.3 Å². The van der Waals surface area contributed by atoms with Crippen molar-refractivity contribution in [2.75, 3.05) is 4.90 Å². The number of anilines is 1. The number of rotatable bonds is 4. The van der Waals surface area contributed by atoms with Crippen LogP contribution in [0.2, 0.25) is 0 Å². The molecule has 1 N–H and O–H groups in total. The van der Waals surface area contributed by atoms with E-state index < -0.39 is 5.97 Å². The molecule has 0 radical (unpaired) electrons. The molecule has 0 aliphatic carbocycles. The topological polar surface area (TPSA) is 40.5 Å². The van der Waals surface area contributed by atoms with Crippen LogP contribution in [0.25, 0.3) is 0 Å². The number of fused-ring (bicyclic) bond motifs is 1. The molecule has 1 aliphatic rings. The van der Waals surface area contributed by atoms with E-state index >= 15 is 0 Å². The number of para-hydroxylation sites is 1. The van der Waals surface area contributed by atoms with Crippen LogP contribution in [0.15, 0.2) is 24.3 Å². The van der Waals surface area contributed by atoms with Crippen LogP contribution in [-0.2, 0) is 11.2 Å². The summed E-state index contributed by atoms with van der Waals surface area (Å²) in [6.07, 6.45) is 1.20. The molecule has 1 aromatic rings. The van der Waals surface area contributed by atoms with Gasteiger partial charge in [-0.05, 0) is 37.8 Å². The van der Waals surface area contributed by atoms with Crippen LogP contribution in [0.5, 0.6) is 0 Å². The fourth-order valence-corrected chi connectivity index (χ4v) is 2.99. The van der Waals surface area contributed by atoms with E-state index in [4.69, 9.17) is 5.11 Å². The number of hydrogen-bond acceptors (Lipinski definition) is 2. The maximum atomic E-state index is 10.9. The molecule has 2 atom stereocenters. The Morgan fingerprint density at radius 1 is 1.39 bits per heavy atom. The normalized spacial score (nSPS) is 20.0. The monoisotopic (exact) mass is 247 g/mol. The first-order valence-electron chi connectivity index (χ1n) is 6.58. The molecule has 0 saturated carbocycles. The minimum absolute atomic E-state index is 0.164. The molecule has 2 rings (SSSR count). The Balaban J connectivity index is 2.26. The number of carboxylic acids is 1. The molecule has 1 heterocycles. The van der Waals surface area contributed by atoms with Crippen LogP contribution in [0.4, 0.5) is 5.69 Å². The summed E-state index contributed by atoms with van der Waals surface area (Å²) >= 11 is 0. The summed E-state index contributed by atoms with van der Waals surface area (Å²) in [5.41, 5.74) is 2.61. The van der Waals surface area contributed by atoms with E-state index in [0.29, 0.717) is 12.1 Å². The molecule has 3 nitrogen and oxygen atoms in total. The molecule has 0 amide bonds. The van der Waals surface area contributed by atoms with Gasteiger partial charge in [-0.25, -0.2) is 0 Å². The zero-order valence-corrected chi connectivity index (χ0v) is 11.3. The third-order valence-corrected chi connectivity index (χ3v) is 3.77. The second-order valence-electron chi connectivity index (χ2n) is 5.48. The first kappa shape index (κ1) is 12.9. The van der Waals surface area contributed by atoms with Gasteiger partial charge in [-0.2, -0.15) is 0 Å². The molecule has 0 fully saturated rings. The zero-order valence-electron chi connectivity index (χ0n) is 11.3. The van der Waals surface area contributed by atoms with Gasteiger partial charge in [-0.1, -0.05) is 25.1 Å². The van der Waals surface area contributed by atoms with Crippen molar-refractivity contribution in [3.8, 4) is 0 Å². The van der Waals surface area contributed by atoms with Crippen molar-refractivity contribution >= 4 is 11.7 Å². The minimum Gasteiger partial charge on any atom is -0.481 e. The SMILES string of the molecule is CC(CC(=O)O)C1Cc2ccccc2N1C(C)C. The Hall–Kier alpha value is -1.51. The number of carbonyl (C=O) groups is 1. The Labute approximate surface area is 108 Å². The number of carboxylic acid groups (broad SMARTS) is 1. The summed E-state index contributed by atoms with van der Waals surface area (Å²) in [6.45, 7) is 6.38. The Kier molecular flexibility index (Phi) is 3.60. The summed E-state index contributed by atoms with van der Waals surface area (Å²) in [5.74, 6) is -0.542. The highest BCUT2D eigenvalue weighted by Gasteiger charge is 2.34. The molecule has 1 aliphatic heterocycles. The lowest BCUT2D eigenvalue weighted by Crippen LogP contribution is -2.42. The van der Waals surface area contributed by atoms with E-state index in [-0.39, 0.29) is 12.3 Å². The molecule has 0 bridgehead atoms. The maximum absolute atomic E-state index is 10.9. The molecule has 1 aromatic carbocycles. The Morgan fingerprint density at radius 2 is 2.06 bits per heavy atom. The Morgan fingerprint density at radius 3 is 2.67 bits per heavy atom. The quantitative estimate of drug-likeness (QED) is 0.889. The molecule has 18 heavy (non-hydrogen) atoms. The smallest absolute Gasteiger partial charge is 0.303 e. The summed E-state index contributed by atoms with van der Waals surface area (Å²) in [5, 5.41) is 8.97. The van der Waals surface area contributed by atoms with E-state index in [0.717, 1.165) is 6.42 Å². The molecule has 2 unspecified atom stereocenters. The van der Waals surface area contributed by atoms with E-state index in [1.807, 2.05) is 6.92 Å². The van der Waals surface area contributed by atoms with Crippen LogP contribution in [0.1, 0.15) is 32.8 Å². The molecular formula is C15H21NO2. The lowest BCUT2D eigenvalue weighted by atomic mass is 9.94. The van der Waals surface area contributed by atoms with Gasteiger partial charge in [-0.15, -0.1) is 0 Å². The standard InChI is InChI=1S/C15H21NO2/c1-10(2)16-13-7-5-4-6-12(13)9-14(16)11(3)8-15(17)18/h4-7,10-11,14H,8-9H2,1-3H3,(H,17,18). The van der Waals surface area contributed by atoms with Crippen molar-refractivity contribution in [2.24, 2.45) is 5.92 Å². The van der Waals surface area contributed by atoms with Gasteiger partial charge in [0.05, 0.1) is 0 Å². The van der Waals surface area contributed by atoms with E-state index in [1.54, 1.807) is 0 Å². The van der Waals surface area contributed by atoms with Gasteiger partial charge in [0, 0.05) is 24.2 Å². The highest BCUT2D eigenvalue weighted by molar-refractivity contribution is 5.68. The predicted molar refractivity (Wildman–Crippen MR) is 73.0 cm³/mol. The zero-order chi connectivity index (χ0) is 13.3. The average Bonchev–Trinajstić information content (AvgIpc) is 2.67. The van der Waals surface area contributed by atoms with Crippen molar-refractivity contribution in [3.63, 3.8) is 0 Å². The van der Waals surface area contributed by atoms with Crippen molar-refractivity contribution < 1.29 is 9.90 Å². The predicted octanol–water partition coefficient (Wildman–Crippen LogP) is 2.94. The van der Waals surface area contributed by atoms with Crippen molar-refractivity contribution in [1.82, 2.24) is 0 Å². The van der Waals surface area contributed by atoms with Crippen LogP contribution >= 0.6 is 0 Å². The lowest BCUT2D eigenvalue weighted by Gasteiger charge is -2.34. The minimum atomic E-state index is -0.706. The Bertz CT molecular complexity index is 442. The van der Waals surface area contributed by atoms with Gasteiger partial charge in [0.1, 0.15) is 0 Å². The van der Waals surface area contributed by atoms with Gasteiger partial charge in [0.2, 0.25) is 0 Å². The lowest BCUT2D eigenvalue weighted by molar-refractivity contribution is -0.138. The summed E-state index contributed by atoms with van der Waals surface area (Å²) < 4.78 is 0. The van der Waals surface area contributed by atoms with Crippen molar-refractivity contribution in [1.29, 1.82) is 0 Å². The largest absolute Gasteiger partial charge is 0.481 e. The number of hydrogen-bond donors (Lipinski definition) is 1. The first-order chi connectivity index (χ1) is 8.50. The summed E-state index contributed by atoms with van der Waals surface area (Å²) in [4.78, 5) is 13.3. The van der Waals surface area contributed by atoms with Crippen molar-refractivity contribution in [3.05, 3.63) is 29.8 Å². The van der Waals surface area contributed by atoms with Gasteiger partial charge in [0.15, 0.2) is 0 Å². The molecule has 3 heteroatoms. The van der Waals surface area contributed by atoms with E-state index in [9.17, 15) is 4.79 Å². The first-order valence-corrected chi connectivity index (χ1v) is 6.58. The van der Waals surface area contributed by atoms with Crippen LogP contribution < -0.4 is 4.90 Å². The van der Waals surface area contributed by atoms with Crippen molar-refractivity contribution in [2.45, 2.75) is 45.7 Å². The number of aliphatic carboxylic acids is 1. The van der Waals surface area contributed by atoms with Gasteiger partial charge in [-0.3, -0.25) is 4.79 Å². The molecule has 98 valence electrons. The fourth-order valence-electron chi connectivity index (χ4n) is 2.99. The molecule has 0 aromatic heterocycles.